The maximum atomic E-state index is 12.4. The summed E-state index contributed by atoms with van der Waals surface area (Å²) in [5.41, 5.74) is -0.183. The van der Waals surface area contributed by atoms with Gasteiger partial charge in [0.05, 0.1) is 6.54 Å². The fraction of sp³-hybridized carbons (Fsp3) is 0.600. The molecule has 1 aliphatic heterocycles. The molecule has 1 aromatic rings. The second-order valence-electron chi connectivity index (χ2n) is 8.45. The van der Waals surface area contributed by atoms with Gasteiger partial charge in [-0.3, -0.25) is 14.5 Å². The fourth-order valence-corrected chi connectivity index (χ4v) is 3.71. The molecule has 1 heterocycles. The molecule has 0 aromatic heterocycles. The number of likely N-dealkylation sites (tertiary alicyclic amines) is 1. The molecule has 30 heavy (non-hydrogen) atoms. The third kappa shape index (κ3) is 8.91. The maximum Gasteiger partial charge on any atom is 0.573 e. The highest BCUT2D eigenvalue weighted by Gasteiger charge is 2.31. The lowest BCUT2D eigenvalue weighted by molar-refractivity contribution is -0.274. The molecule has 0 saturated carbocycles. The van der Waals surface area contributed by atoms with E-state index in [4.69, 9.17) is 0 Å². The van der Waals surface area contributed by atoms with Crippen molar-refractivity contribution in [2.45, 2.75) is 45.5 Å². The number of carbonyl (C=O) groups excluding carboxylic acids is 2. The van der Waals surface area contributed by atoms with E-state index in [1.165, 1.54) is 6.07 Å². The average Bonchev–Trinajstić information content (AvgIpc) is 2.57. The number of rotatable bonds is 6. The van der Waals surface area contributed by atoms with Gasteiger partial charge >= 0.3 is 6.36 Å². The summed E-state index contributed by atoms with van der Waals surface area (Å²) in [5, 5.41) is 5.72. The topological polar surface area (TPSA) is 70.7 Å². The smallest absolute Gasteiger partial charge is 0.406 e. The number of piperidine rings is 1. The van der Waals surface area contributed by atoms with Crippen molar-refractivity contribution in [3.05, 3.63) is 28.2 Å². The summed E-state index contributed by atoms with van der Waals surface area (Å²) in [6.07, 6.45) is -3.18. The summed E-state index contributed by atoms with van der Waals surface area (Å²) in [5.74, 6) is -0.686. The van der Waals surface area contributed by atoms with Crippen LogP contribution < -0.4 is 15.4 Å². The van der Waals surface area contributed by atoms with Gasteiger partial charge in [-0.2, -0.15) is 0 Å². The second kappa shape index (κ2) is 10.00. The van der Waals surface area contributed by atoms with Crippen molar-refractivity contribution >= 4 is 27.7 Å². The maximum absolute atomic E-state index is 12.4. The van der Waals surface area contributed by atoms with E-state index in [0.717, 1.165) is 38.1 Å². The van der Waals surface area contributed by atoms with Crippen LogP contribution in [0.5, 0.6) is 5.75 Å². The molecule has 0 radical (unpaired) electrons. The van der Waals surface area contributed by atoms with E-state index in [9.17, 15) is 22.8 Å². The zero-order valence-corrected chi connectivity index (χ0v) is 18.8. The van der Waals surface area contributed by atoms with Crippen LogP contribution in [0.3, 0.4) is 0 Å². The number of nitrogens with zero attached hydrogens (tertiary/aromatic N) is 1. The molecule has 0 atom stereocenters. The highest BCUT2D eigenvalue weighted by Crippen LogP contribution is 2.27. The number of amides is 2. The lowest BCUT2D eigenvalue weighted by Gasteiger charge is -2.32. The number of carbonyl (C=O) groups is 2. The molecule has 0 unspecified atom stereocenters. The van der Waals surface area contributed by atoms with Crippen LogP contribution in [0.15, 0.2) is 22.7 Å². The van der Waals surface area contributed by atoms with Crippen LogP contribution in [0.4, 0.5) is 13.2 Å². The lowest BCUT2D eigenvalue weighted by Crippen LogP contribution is -2.48. The molecule has 2 amide bonds. The summed E-state index contributed by atoms with van der Waals surface area (Å²) in [7, 11) is 0. The van der Waals surface area contributed by atoms with Gasteiger partial charge in [-0.15, -0.1) is 13.2 Å². The quantitative estimate of drug-likeness (QED) is 0.633. The van der Waals surface area contributed by atoms with E-state index >= 15 is 0 Å². The standard InChI is InChI=1S/C20H27BrF3N3O3/c1-19(2,3)26-17(28)12-27-6-4-13(5-7-27)11-25-18(29)14-8-15(21)10-16(9-14)30-20(22,23)24/h8-10,13H,4-7,11-12H2,1-3H3,(H,25,29)(H,26,28). The molecule has 2 rings (SSSR count). The molecule has 10 heteroatoms. The van der Waals surface area contributed by atoms with Crippen molar-refractivity contribution in [2.24, 2.45) is 5.92 Å². The number of halogens is 4. The molecule has 1 fully saturated rings. The van der Waals surface area contributed by atoms with Crippen LogP contribution in [-0.4, -0.2) is 54.8 Å². The van der Waals surface area contributed by atoms with Gasteiger partial charge in [0.15, 0.2) is 0 Å². The van der Waals surface area contributed by atoms with Gasteiger partial charge in [-0.1, -0.05) is 15.9 Å². The number of hydrogen-bond acceptors (Lipinski definition) is 4. The number of benzene rings is 1. The summed E-state index contributed by atoms with van der Waals surface area (Å²) in [6, 6.07) is 3.65. The summed E-state index contributed by atoms with van der Waals surface area (Å²) in [4.78, 5) is 26.5. The average molecular weight is 494 g/mol. The van der Waals surface area contributed by atoms with E-state index in [-0.39, 0.29) is 22.9 Å². The van der Waals surface area contributed by atoms with Crippen molar-refractivity contribution in [3.63, 3.8) is 0 Å². The minimum absolute atomic E-state index is 0.0132. The Morgan fingerprint density at radius 3 is 2.37 bits per heavy atom. The van der Waals surface area contributed by atoms with Gasteiger partial charge in [0.1, 0.15) is 5.75 Å². The van der Waals surface area contributed by atoms with Crippen LogP contribution in [-0.2, 0) is 4.79 Å². The normalized spacial score (nSPS) is 16.2. The first kappa shape index (κ1) is 24.5. The minimum Gasteiger partial charge on any atom is -0.406 e. The van der Waals surface area contributed by atoms with Crippen LogP contribution in [0.2, 0.25) is 0 Å². The third-order valence-electron chi connectivity index (χ3n) is 4.51. The van der Waals surface area contributed by atoms with E-state index in [1.807, 2.05) is 20.8 Å². The number of alkyl halides is 3. The van der Waals surface area contributed by atoms with Gasteiger partial charge < -0.3 is 15.4 Å². The number of ether oxygens (including phenoxy) is 1. The highest BCUT2D eigenvalue weighted by atomic mass is 79.9. The van der Waals surface area contributed by atoms with Crippen LogP contribution in [0.25, 0.3) is 0 Å². The highest BCUT2D eigenvalue weighted by molar-refractivity contribution is 9.10. The van der Waals surface area contributed by atoms with Crippen molar-refractivity contribution < 1.29 is 27.5 Å². The van der Waals surface area contributed by atoms with E-state index in [1.54, 1.807) is 0 Å². The van der Waals surface area contributed by atoms with E-state index < -0.39 is 18.0 Å². The van der Waals surface area contributed by atoms with Gasteiger partial charge in [0, 0.05) is 22.1 Å². The van der Waals surface area contributed by atoms with Crippen LogP contribution >= 0.6 is 15.9 Å². The summed E-state index contributed by atoms with van der Waals surface area (Å²) in [6.45, 7) is 8.06. The van der Waals surface area contributed by atoms with Gasteiger partial charge in [0.25, 0.3) is 5.91 Å². The lowest BCUT2D eigenvalue weighted by atomic mass is 9.96. The Morgan fingerprint density at radius 2 is 1.80 bits per heavy atom. The largest absolute Gasteiger partial charge is 0.573 e. The third-order valence-corrected chi connectivity index (χ3v) is 4.96. The zero-order chi connectivity index (χ0) is 22.5. The van der Waals surface area contributed by atoms with Gasteiger partial charge in [-0.25, -0.2) is 0 Å². The minimum atomic E-state index is -4.83. The molecule has 0 bridgehead atoms. The first-order chi connectivity index (χ1) is 13.8. The van der Waals surface area contributed by atoms with Crippen LogP contribution in [0, 0.1) is 5.92 Å². The van der Waals surface area contributed by atoms with Gasteiger partial charge in [0.2, 0.25) is 5.91 Å². The van der Waals surface area contributed by atoms with Crippen molar-refractivity contribution in [1.82, 2.24) is 15.5 Å². The molecular formula is C20H27BrF3N3O3. The molecular weight excluding hydrogens is 467 g/mol. The molecule has 1 aromatic carbocycles. The first-order valence-corrected chi connectivity index (χ1v) is 10.5. The predicted molar refractivity (Wildman–Crippen MR) is 110 cm³/mol. The van der Waals surface area contributed by atoms with E-state index in [0.29, 0.717) is 17.6 Å². The molecule has 2 N–H and O–H groups in total. The number of hydrogen-bond donors (Lipinski definition) is 2. The molecule has 0 aliphatic carbocycles. The zero-order valence-electron chi connectivity index (χ0n) is 17.2. The summed E-state index contributed by atoms with van der Waals surface area (Å²) < 4.78 is 41.5. The van der Waals surface area contributed by atoms with Crippen molar-refractivity contribution in [1.29, 1.82) is 0 Å². The SMILES string of the molecule is CC(C)(C)NC(=O)CN1CCC(CNC(=O)c2cc(Br)cc(OC(F)(F)F)c2)CC1. The van der Waals surface area contributed by atoms with Crippen LogP contribution in [0.1, 0.15) is 44.0 Å². The van der Waals surface area contributed by atoms with Gasteiger partial charge in [-0.05, 0) is 70.8 Å². The monoisotopic (exact) mass is 493 g/mol. The Bertz CT molecular complexity index is 758. The Hall–Kier alpha value is -1.81. The molecule has 1 saturated heterocycles. The Kier molecular flexibility index (Phi) is 8.15. The summed E-state index contributed by atoms with van der Waals surface area (Å²) >= 11 is 3.10. The molecule has 6 nitrogen and oxygen atoms in total. The number of nitrogens with one attached hydrogen (secondary N) is 2. The molecule has 1 aliphatic rings. The molecule has 0 spiro atoms. The Balaban J connectivity index is 1.80. The van der Waals surface area contributed by atoms with Crippen molar-refractivity contribution in [3.8, 4) is 5.75 Å². The second-order valence-corrected chi connectivity index (χ2v) is 9.37. The van der Waals surface area contributed by atoms with Crippen molar-refractivity contribution in [2.75, 3.05) is 26.2 Å². The Morgan fingerprint density at radius 1 is 1.17 bits per heavy atom. The van der Waals surface area contributed by atoms with E-state index in [2.05, 4.69) is 36.2 Å². The predicted octanol–water partition coefficient (Wildman–Crippen LogP) is 3.70. The fourth-order valence-electron chi connectivity index (χ4n) is 3.24. The Labute approximate surface area is 182 Å². The molecule has 168 valence electrons. The first-order valence-electron chi connectivity index (χ1n) is 9.69.